The molecule has 1 N–H and O–H groups in total. The van der Waals surface area contributed by atoms with E-state index in [1.807, 2.05) is 50.2 Å². The molecule has 1 saturated carbocycles. The Labute approximate surface area is 281 Å². The fourth-order valence-corrected chi connectivity index (χ4v) is 5.72. The molecule has 0 radical (unpaired) electrons. The fraction of sp³-hybridized carbons (Fsp3) is 0.353. The molecule has 1 aromatic heterocycles. The van der Waals surface area contributed by atoms with Gasteiger partial charge in [0.05, 0.1) is 31.3 Å². The molecular weight excluding hydrogens is 645 g/mol. The summed E-state index contributed by atoms with van der Waals surface area (Å²) < 4.78 is 59.6. The average Bonchev–Trinajstić information content (AvgIpc) is 3.77. The van der Waals surface area contributed by atoms with Gasteiger partial charge in [0.1, 0.15) is 30.6 Å². The molecule has 1 fully saturated rings. The Morgan fingerprint density at radius 2 is 1.71 bits per heavy atom. The summed E-state index contributed by atoms with van der Waals surface area (Å²) >= 11 is 1.38. The maximum Gasteiger partial charge on any atom is 0.573 e. The number of nitrogens with one attached hydrogen (secondary N) is 1. The van der Waals surface area contributed by atoms with Crippen LogP contribution in [0.1, 0.15) is 42.4 Å². The molecule has 0 aliphatic heterocycles. The van der Waals surface area contributed by atoms with E-state index in [2.05, 4.69) is 25.3 Å². The molecule has 0 saturated heterocycles. The van der Waals surface area contributed by atoms with Gasteiger partial charge in [-0.3, -0.25) is 5.43 Å². The molecule has 1 aliphatic rings. The van der Waals surface area contributed by atoms with Crippen LogP contribution in [0.4, 0.5) is 18.9 Å². The van der Waals surface area contributed by atoms with E-state index in [4.69, 9.17) is 19.2 Å². The van der Waals surface area contributed by atoms with Crippen molar-refractivity contribution in [3.63, 3.8) is 0 Å². The van der Waals surface area contributed by atoms with E-state index in [-0.39, 0.29) is 12.5 Å². The summed E-state index contributed by atoms with van der Waals surface area (Å²) in [4.78, 5) is 9.19. The number of aromatic nitrogens is 3. The van der Waals surface area contributed by atoms with Crippen molar-refractivity contribution in [1.82, 2.24) is 20.2 Å². The first-order chi connectivity index (χ1) is 23.2. The Morgan fingerprint density at radius 3 is 2.38 bits per heavy atom. The predicted octanol–water partition coefficient (Wildman–Crippen LogP) is 7.94. The Kier molecular flexibility index (Phi) is 12.1. The zero-order valence-electron chi connectivity index (χ0n) is 26.9. The summed E-state index contributed by atoms with van der Waals surface area (Å²) in [5, 5.41) is 9.43. The lowest BCUT2D eigenvalue weighted by Gasteiger charge is -2.12. The van der Waals surface area contributed by atoms with Crippen LogP contribution in [-0.2, 0) is 9.47 Å². The van der Waals surface area contributed by atoms with Crippen LogP contribution in [0.2, 0.25) is 0 Å². The number of aliphatic imine (C=N–C) groups is 1. The highest BCUT2D eigenvalue weighted by atomic mass is 32.2. The van der Waals surface area contributed by atoms with Crippen molar-refractivity contribution >= 4 is 28.8 Å². The number of aryl methyl sites for hydroxylation is 2. The standard InChI is InChI=1S/C34H37F3N6O4S/c1-23-16-30(44-3)17-24(2)31(23)40-33(48-22-46-21-45-19-26-6-4-5-7-26)41-39-18-25-8-10-27(11-9-25)32-38-20-43(42-32)28-12-14-29(15-13-28)47-34(35,36)37/h8-18,20,26H,4-7,19,21-22H2,1-3H3,(H,40,41)/b39-18+. The molecule has 3 aromatic carbocycles. The van der Waals surface area contributed by atoms with Gasteiger partial charge in [0.15, 0.2) is 11.0 Å². The van der Waals surface area contributed by atoms with Crippen molar-refractivity contribution in [3.05, 3.63) is 83.7 Å². The number of ether oxygens (including phenoxy) is 4. The third kappa shape index (κ3) is 10.3. The zero-order valence-corrected chi connectivity index (χ0v) is 27.7. The van der Waals surface area contributed by atoms with Crippen LogP contribution in [0.5, 0.6) is 11.5 Å². The van der Waals surface area contributed by atoms with Gasteiger partial charge < -0.3 is 18.9 Å². The first kappa shape index (κ1) is 34.9. The average molecular weight is 683 g/mol. The summed E-state index contributed by atoms with van der Waals surface area (Å²) in [6.45, 7) is 4.92. The number of alkyl halides is 3. The molecule has 4 aromatic rings. The Balaban J connectivity index is 1.20. The van der Waals surface area contributed by atoms with Crippen LogP contribution in [-0.4, -0.2) is 59.0 Å². The number of hydrogen-bond donors (Lipinski definition) is 1. The number of hydrazone groups is 1. The third-order valence-electron chi connectivity index (χ3n) is 7.56. The number of thioether (sulfide) groups is 1. The Morgan fingerprint density at radius 1 is 1.00 bits per heavy atom. The van der Waals surface area contributed by atoms with Gasteiger partial charge in [0, 0.05) is 5.56 Å². The lowest BCUT2D eigenvalue weighted by molar-refractivity contribution is -0.274. The topological polar surface area (TPSA) is 104 Å². The van der Waals surface area contributed by atoms with E-state index in [1.54, 1.807) is 13.3 Å². The van der Waals surface area contributed by atoms with Gasteiger partial charge in [-0.15, -0.1) is 18.3 Å². The van der Waals surface area contributed by atoms with E-state index in [0.29, 0.717) is 28.5 Å². The van der Waals surface area contributed by atoms with Crippen LogP contribution in [0.25, 0.3) is 17.1 Å². The monoisotopic (exact) mass is 682 g/mol. The second-order valence-corrected chi connectivity index (χ2v) is 12.1. The van der Waals surface area contributed by atoms with Crippen LogP contribution in [0.3, 0.4) is 0 Å². The van der Waals surface area contributed by atoms with Crippen molar-refractivity contribution in [1.29, 1.82) is 0 Å². The molecule has 1 heterocycles. The molecule has 14 heteroatoms. The fourth-order valence-electron chi connectivity index (χ4n) is 5.18. The first-order valence-corrected chi connectivity index (χ1v) is 16.3. The van der Waals surface area contributed by atoms with Crippen LogP contribution in [0.15, 0.2) is 77.1 Å². The van der Waals surface area contributed by atoms with Crippen molar-refractivity contribution < 1.29 is 32.1 Å². The van der Waals surface area contributed by atoms with E-state index in [0.717, 1.165) is 40.3 Å². The van der Waals surface area contributed by atoms with Gasteiger partial charge in [-0.05, 0) is 85.7 Å². The molecule has 0 amide bonds. The summed E-state index contributed by atoms with van der Waals surface area (Å²) in [7, 11) is 1.64. The predicted molar refractivity (Wildman–Crippen MR) is 180 cm³/mol. The largest absolute Gasteiger partial charge is 0.573 e. The minimum Gasteiger partial charge on any atom is -0.497 e. The molecule has 10 nitrogen and oxygen atoms in total. The van der Waals surface area contributed by atoms with Gasteiger partial charge in [0.25, 0.3) is 0 Å². The molecule has 254 valence electrons. The number of benzene rings is 3. The molecule has 0 spiro atoms. The molecule has 1 aliphatic carbocycles. The van der Waals surface area contributed by atoms with Gasteiger partial charge in [-0.2, -0.15) is 5.10 Å². The minimum absolute atomic E-state index is 0.225. The Hall–Kier alpha value is -4.40. The lowest BCUT2D eigenvalue weighted by Crippen LogP contribution is -2.17. The summed E-state index contributed by atoms with van der Waals surface area (Å²) in [5.41, 5.74) is 7.92. The SMILES string of the molecule is COc1cc(C)c(N=C(N/N=C/c2ccc(-c3ncn(-c4ccc(OC(F)(F)F)cc4)n3)cc2)SCOCOCC2CCCC2)c(C)c1. The molecule has 0 bridgehead atoms. The van der Waals surface area contributed by atoms with Gasteiger partial charge in [0.2, 0.25) is 0 Å². The smallest absolute Gasteiger partial charge is 0.497 e. The first-order valence-electron chi connectivity index (χ1n) is 15.4. The zero-order chi connectivity index (χ0) is 33.9. The van der Waals surface area contributed by atoms with Crippen LogP contribution in [0, 0.1) is 19.8 Å². The normalized spacial score (nSPS) is 14.2. The summed E-state index contributed by atoms with van der Waals surface area (Å²) in [6, 6.07) is 16.7. The van der Waals surface area contributed by atoms with E-state index < -0.39 is 6.36 Å². The summed E-state index contributed by atoms with van der Waals surface area (Å²) in [6.07, 6.45) is 3.42. The Bertz CT molecular complexity index is 1670. The van der Waals surface area contributed by atoms with Crippen LogP contribution < -0.4 is 14.9 Å². The van der Waals surface area contributed by atoms with Crippen LogP contribution >= 0.6 is 11.8 Å². The summed E-state index contributed by atoms with van der Waals surface area (Å²) in [5.74, 6) is 1.88. The second kappa shape index (κ2) is 16.6. The second-order valence-electron chi connectivity index (χ2n) is 11.2. The molecular formula is C34H37F3N6O4S. The molecule has 5 rings (SSSR count). The van der Waals surface area contributed by atoms with Crippen molar-refractivity contribution in [2.75, 3.05) is 26.4 Å². The van der Waals surface area contributed by atoms with E-state index in [1.165, 1.54) is 72.7 Å². The number of methoxy groups -OCH3 is 1. The molecule has 48 heavy (non-hydrogen) atoms. The molecule has 0 atom stereocenters. The number of halogens is 3. The maximum absolute atomic E-state index is 12.5. The van der Waals surface area contributed by atoms with Crippen molar-refractivity contribution in [2.45, 2.75) is 45.9 Å². The molecule has 0 unspecified atom stereocenters. The quantitative estimate of drug-likeness (QED) is 0.0499. The highest BCUT2D eigenvalue weighted by molar-refractivity contribution is 8.13. The van der Waals surface area contributed by atoms with Gasteiger partial charge in [-0.1, -0.05) is 48.9 Å². The van der Waals surface area contributed by atoms with Crippen molar-refractivity contribution in [2.24, 2.45) is 16.0 Å². The number of rotatable bonds is 13. The minimum atomic E-state index is -4.75. The highest BCUT2D eigenvalue weighted by Gasteiger charge is 2.31. The third-order valence-corrected chi connectivity index (χ3v) is 8.30. The maximum atomic E-state index is 12.5. The van der Waals surface area contributed by atoms with E-state index >= 15 is 0 Å². The van der Waals surface area contributed by atoms with Gasteiger partial charge in [-0.25, -0.2) is 14.7 Å². The lowest BCUT2D eigenvalue weighted by atomic mass is 10.1. The van der Waals surface area contributed by atoms with Crippen molar-refractivity contribution in [3.8, 4) is 28.6 Å². The number of hydrogen-bond acceptors (Lipinski definition) is 9. The number of nitrogens with zero attached hydrogens (tertiary/aromatic N) is 5. The van der Waals surface area contributed by atoms with Gasteiger partial charge >= 0.3 is 6.36 Å². The number of amidine groups is 1. The highest BCUT2D eigenvalue weighted by Crippen LogP contribution is 2.30. The van der Waals surface area contributed by atoms with E-state index in [9.17, 15) is 13.2 Å².